The second-order valence-corrected chi connectivity index (χ2v) is 6.41. The van der Waals surface area contributed by atoms with Crippen molar-refractivity contribution in [1.82, 2.24) is 14.9 Å². The third-order valence-corrected chi connectivity index (χ3v) is 4.97. The van der Waals surface area contributed by atoms with E-state index in [4.69, 9.17) is 9.47 Å². The van der Waals surface area contributed by atoms with E-state index in [-0.39, 0.29) is 0 Å². The molecule has 2 fully saturated rings. The molecule has 1 N–H and O–H groups in total. The molecule has 22 heavy (non-hydrogen) atoms. The molecule has 0 aliphatic carbocycles. The van der Waals surface area contributed by atoms with Crippen LogP contribution in [0.4, 0.5) is 0 Å². The fourth-order valence-corrected chi connectivity index (χ4v) is 3.66. The van der Waals surface area contributed by atoms with Crippen LogP contribution in [0.1, 0.15) is 50.9 Å². The first-order valence-corrected chi connectivity index (χ1v) is 8.81. The number of hydrogen-bond acceptors (Lipinski definition) is 4. The van der Waals surface area contributed by atoms with Crippen LogP contribution < -0.4 is 5.32 Å². The van der Waals surface area contributed by atoms with Crippen molar-refractivity contribution in [2.75, 3.05) is 26.4 Å². The quantitative estimate of drug-likeness (QED) is 0.908. The summed E-state index contributed by atoms with van der Waals surface area (Å²) in [6.45, 7) is 6.70. The van der Waals surface area contributed by atoms with E-state index in [2.05, 4.69) is 28.0 Å². The van der Waals surface area contributed by atoms with Crippen LogP contribution in [0.15, 0.2) is 12.4 Å². The van der Waals surface area contributed by atoms with Crippen molar-refractivity contribution >= 4 is 0 Å². The number of nitrogens with zero attached hydrogens (tertiary/aromatic N) is 2. The van der Waals surface area contributed by atoms with Crippen molar-refractivity contribution in [3.05, 3.63) is 18.2 Å². The molecule has 5 nitrogen and oxygen atoms in total. The maximum absolute atomic E-state index is 5.61. The lowest BCUT2D eigenvalue weighted by molar-refractivity contribution is 0.0495. The van der Waals surface area contributed by atoms with Crippen LogP contribution in [-0.2, 0) is 16.0 Å². The summed E-state index contributed by atoms with van der Waals surface area (Å²) in [5, 5.41) is 3.92. The molecule has 2 atom stereocenters. The number of ether oxygens (including phenoxy) is 2. The lowest BCUT2D eigenvalue weighted by Gasteiger charge is -2.33. The standard InChI is InChI=1S/C17H29N3O2/c1-2-20-9-8-18-17(20)16(14-5-11-22-12-6-14)19-15-4-3-10-21-13-7-15/h8-9,14-16,19H,2-7,10-13H2,1H3. The largest absolute Gasteiger partial charge is 0.381 e. The van der Waals surface area contributed by atoms with E-state index < -0.39 is 0 Å². The zero-order valence-corrected chi connectivity index (χ0v) is 13.7. The van der Waals surface area contributed by atoms with E-state index in [9.17, 15) is 0 Å². The van der Waals surface area contributed by atoms with Gasteiger partial charge in [0.25, 0.3) is 0 Å². The van der Waals surface area contributed by atoms with Gasteiger partial charge in [-0.15, -0.1) is 0 Å². The number of aromatic nitrogens is 2. The van der Waals surface area contributed by atoms with Gasteiger partial charge in [-0.1, -0.05) is 0 Å². The van der Waals surface area contributed by atoms with Gasteiger partial charge in [0, 0.05) is 51.4 Å². The monoisotopic (exact) mass is 307 g/mol. The second-order valence-electron chi connectivity index (χ2n) is 6.41. The molecule has 1 aromatic heterocycles. The topological polar surface area (TPSA) is 48.3 Å². The Bertz CT molecular complexity index is 435. The minimum atomic E-state index is 0.335. The smallest absolute Gasteiger partial charge is 0.126 e. The summed E-state index contributed by atoms with van der Waals surface area (Å²) < 4.78 is 13.4. The summed E-state index contributed by atoms with van der Waals surface area (Å²) in [7, 11) is 0. The van der Waals surface area contributed by atoms with Gasteiger partial charge in [0.1, 0.15) is 5.82 Å². The second kappa shape index (κ2) is 8.09. The van der Waals surface area contributed by atoms with Gasteiger partial charge in [0.05, 0.1) is 6.04 Å². The Morgan fingerprint density at radius 2 is 1.95 bits per heavy atom. The number of aryl methyl sites for hydroxylation is 1. The van der Waals surface area contributed by atoms with Crippen molar-refractivity contribution in [2.45, 2.75) is 57.7 Å². The molecular weight excluding hydrogens is 278 g/mol. The van der Waals surface area contributed by atoms with E-state index in [0.717, 1.165) is 58.7 Å². The number of imidazole rings is 1. The molecule has 3 rings (SSSR count). The highest BCUT2D eigenvalue weighted by molar-refractivity contribution is 5.03. The summed E-state index contributed by atoms with van der Waals surface area (Å²) in [6, 6.07) is 0.874. The lowest BCUT2D eigenvalue weighted by Crippen LogP contribution is -2.40. The van der Waals surface area contributed by atoms with Gasteiger partial charge in [-0.2, -0.15) is 0 Å². The van der Waals surface area contributed by atoms with E-state index in [1.807, 2.05) is 6.20 Å². The maximum Gasteiger partial charge on any atom is 0.126 e. The predicted octanol–water partition coefficient (Wildman–Crippen LogP) is 2.53. The van der Waals surface area contributed by atoms with Gasteiger partial charge >= 0.3 is 0 Å². The molecule has 0 spiro atoms. The summed E-state index contributed by atoms with van der Waals surface area (Å²) >= 11 is 0. The summed E-state index contributed by atoms with van der Waals surface area (Å²) in [5.74, 6) is 1.81. The number of nitrogens with one attached hydrogen (secondary N) is 1. The van der Waals surface area contributed by atoms with E-state index in [1.165, 1.54) is 12.2 Å². The Kier molecular flexibility index (Phi) is 5.87. The van der Waals surface area contributed by atoms with E-state index in [1.54, 1.807) is 0 Å². The summed E-state index contributed by atoms with van der Waals surface area (Å²) in [5.41, 5.74) is 0. The molecule has 5 heteroatoms. The molecule has 124 valence electrons. The molecule has 0 radical (unpaired) electrons. The van der Waals surface area contributed by atoms with Crippen molar-refractivity contribution in [3.63, 3.8) is 0 Å². The number of rotatable bonds is 5. The molecule has 2 aliphatic rings. The van der Waals surface area contributed by atoms with Crippen LogP contribution in [0.25, 0.3) is 0 Å². The van der Waals surface area contributed by atoms with Crippen molar-refractivity contribution in [3.8, 4) is 0 Å². The Morgan fingerprint density at radius 3 is 2.77 bits per heavy atom. The van der Waals surface area contributed by atoms with Crippen LogP contribution in [0.5, 0.6) is 0 Å². The molecular formula is C17H29N3O2. The first-order chi connectivity index (χ1) is 10.9. The molecule has 0 saturated carbocycles. The molecule has 2 aliphatic heterocycles. The maximum atomic E-state index is 5.61. The minimum Gasteiger partial charge on any atom is -0.381 e. The highest BCUT2D eigenvalue weighted by Crippen LogP contribution is 2.30. The highest BCUT2D eigenvalue weighted by atomic mass is 16.5. The highest BCUT2D eigenvalue weighted by Gasteiger charge is 2.30. The van der Waals surface area contributed by atoms with Crippen LogP contribution in [0, 0.1) is 5.92 Å². The zero-order chi connectivity index (χ0) is 15.2. The fourth-order valence-electron chi connectivity index (χ4n) is 3.66. The van der Waals surface area contributed by atoms with Crippen molar-refractivity contribution < 1.29 is 9.47 Å². The van der Waals surface area contributed by atoms with E-state index >= 15 is 0 Å². The molecule has 0 amide bonds. The van der Waals surface area contributed by atoms with Crippen LogP contribution in [0.3, 0.4) is 0 Å². The van der Waals surface area contributed by atoms with Gasteiger partial charge in [-0.05, 0) is 44.9 Å². The SMILES string of the molecule is CCn1ccnc1C(NC1CCCOCC1)C1CCOCC1. The van der Waals surface area contributed by atoms with Gasteiger partial charge < -0.3 is 19.4 Å². The Hall–Kier alpha value is -0.910. The average Bonchev–Trinajstić information content (AvgIpc) is 2.89. The molecule has 0 aromatic carbocycles. The third-order valence-electron chi connectivity index (χ3n) is 4.97. The van der Waals surface area contributed by atoms with E-state index in [0.29, 0.717) is 18.0 Å². The first-order valence-electron chi connectivity index (χ1n) is 8.81. The molecule has 3 heterocycles. The fraction of sp³-hybridized carbons (Fsp3) is 0.824. The normalized spacial score (nSPS) is 25.8. The Labute approximate surface area is 133 Å². The van der Waals surface area contributed by atoms with Crippen LogP contribution in [0.2, 0.25) is 0 Å². The molecule has 2 unspecified atom stereocenters. The summed E-state index contributed by atoms with van der Waals surface area (Å²) in [4.78, 5) is 4.68. The minimum absolute atomic E-state index is 0.335. The lowest BCUT2D eigenvalue weighted by atomic mass is 9.90. The van der Waals surface area contributed by atoms with Gasteiger partial charge in [0.2, 0.25) is 0 Å². The van der Waals surface area contributed by atoms with Crippen molar-refractivity contribution in [1.29, 1.82) is 0 Å². The molecule has 1 aromatic rings. The Morgan fingerprint density at radius 1 is 1.18 bits per heavy atom. The average molecular weight is 307 g/mol. The first kappa shape index (κ1) is 16.0. The van der Waals surface area contributed by atoms with Gasteiger partial charge in [-0.3, -0.25) is 0 Å². The third kappa shape index (κ3) is 3.89. The molecule has 2 saturated heterocycles. The summed E-state index contributed by atoms with van der Waals surface area (Å²) in [6.07, 6.45) is 9.73. The zero-order valence-electron chi connectivity index (χ0n) is 13.7. The molecule has 0 bridgehead atoms. The van der Waals surface area contributed by atoms with Crippen LogP contribution >= 0.6 is 0 Å². The predicted molar refractivity (Wildman–Crippen MR) is 85.8 cm³/mol. The van der Waals surface area contributed by atoms with Gasteiger partial charge in [-0.25, -0.2) is 4.98 Å². The van der Waals surface area contributed by atoms with Gasteiger partial charge in [0.15, 0.2) is 0 Å². The number of hydrogen-bond donors (Lipinski definition) is 1. The van der Waals surface area contributed by atoms with Crippen LogP contribution in [-0.4, -0.2) is 42.0 Å². The van der Waals surface area contributed by atoms with Crippen molar-refractivity contribution in [2.24, 2.45) is 5.92 Å². The Balaban J connectivity index is 1.75.